The SMILES string of the molecule is COc1ccccc1Cn1c(=O)c2ccccc2n2c(SCc3ccc(F)cc3)nnc12. The lowest BCUT2D eigenvalue weighted by Gasteiger charge is -2.13. The van der Waals surface area contributed by atoms with Gasteiger partial charge in [0.1, 0.15) is 11.6 Å². The molecule has 0 radical (unpaired) electrons. The van der Waals surface area contributed by atoms with Gasteiger partial charge in [0.2, 0.25) is 5.78 Å². The van der Waals surface area contributed by atoms with E-state index in [1.54, 1.807) is 23.8 Å². The van der Waals surface area contributed by atoms with Crippen LogP contribution in [0.4, 0.5) is 4.39 Å². The minimum Gasteiger partial charge on any atom is -0.496 e. The Balaban J connectivity index is 1.63. The van der Waals surface area contributed by atoms with Gasteiger partial charge in [0.25, 0.3) is 5.56 Å². The summed E-state index contributed by atoms with van der Waals surface area (Å²) in [6.07, 6.45) is 0. The molecule has 0 fully saturated rings. The number of ether oxygens (including phenoxy) is 1. The molecular weight excluding hydrogens is 427 g/mol. The summed E-state index contributed by atoms with van der Waals surface area (Å²) in [4.78, 5) is 13.4. The molecule has 0 aliphatic rings. The first kappa shape index (κ1) is 20.3. The molecule has 0 atom stereocenters. The number of aromatic nitrogens is 4. The number of nitrogens with zero attached hydrogens (tertiary/aromatic N) is 4. The molecule has 0 bridgehead atoms. The van der Waals surface area contributed by atoms with Crippen LogP contribution in [0, 0.1) is 5.82 Å². The number of hydrogen-bond donors (Lipinski definition) is 0. The van der Waals surface area contributed by atoms with Gasteiger partial charge in [0, 0.05) is 11.3 Å². The average Bonchev–Trinajstić information content (AvgIpc) is 3.25. The van der Waals surface area contributed by atoms with E-state index in [0.717, 1.165) is 16.6 Å². The van der Waals surface area contributed by atoms with Crippen LogP contribution in [-0.4, -0.2) is 26.3 Å². The van der Waals surface area contributed by atoms with Gasteiger partial charge in [-0.3, -0.25) is 13.8 Å². The fourth-order valence-corrected chi connectivity index (χ4v) is 4.60. The van der Waals surface area contributed by atoms with Gasteiger partial charge < -0.3 is 4.74 Å². The van der Waals surface area contributed by atoms with Crippen molar-refractivity contribution in [3.8, 4) is 5.75 Å². The lowest BCUT2D eigenvalue weighted by Crippen LogP contribution is -2.24. The summed E-state index contributed by atoms with van der Waals surface area (Å²) in [7, 11) is 1.61. The second-order valence-corrected chi connectivity index (χ2v) is 8.20. The minimum absolute atomic E-state index is 0.138. The molecule has 2 heterocycles. The number of halogens is 1. The lowest BCUT2D eigenvalue weighted by atomic mass is 10.2. The van der Waals surface area contributed by atoms with E-state index >= 15 is 0 Å². The molecule has 6 nitrogen and oxygen atoms in total. The maximum Gasteiger partial charge on any atom is 0.263 e. The van der Waals surface area contributed by atoms with Crippen LogP contribution in [0.15, 0.2) is 82.7 Å². The first-order valence-corrected chi connectivity index (χ1v) is 11.0. The van der Waals surface area contributed by atoms with Crippen molar-refractivity contribution in [1.29, 1.82) is 0 Å². The van der Waals surface area contributed by atoms with Gasteiger partial charge in [-0.2, -0.15) is 0 Å². The van der Waals surface area contributed by atoms with Crippen molar-refractivity contribution < 1.29 is 9.13 Å². The molecule has 0 unspecified atom stereocenters. The Labute approximate surface area is 187 Å². The summed E-state index contributed by atoms with van der Waals surface area (Å²) in [6.45, 7) is 0.304. The van der Waals surface area contributed by atoms with E-state index in [-0.39, 0.29) is 11.4 Å². The van der Waals surface area contributed by atoms with Gasteiger partial charge in [-0.25, -0.2) is 4.39 Å². The van der Waals surface area contributed by atoms with Crippen molar-refractivity contribution in [3.05, 3.63) is 100 Å². The zero-order valence-corrected chi connectivity index (χ0v) is 18.1. The monoisotopic (exact) mass is 446 g/mol. The smallest absolute Gasteiger partial charge is 0.263 e. The molecule has 32 heavy (non-hydrogen) atoms. The lowest BCUT2D eigenvalue weighted by molar-refractivity contribution is 0.408. The maximum atomic E-state index is 13.4. The molecule has 0 amide bonds. The normalized spacial score (nSPS) is 11.3. The molecule has 5 rings (SSSR count). The molecule has 8 heteroatoms. The van der Waals surface area contributed by atoms with Crippen molar-refractivity contribution in [1.82, 2.24) is 19.2 Å². The first-order chi connectivity index (χ1) is 15.7. The molecular formula is C24H19FN4O2S. The summed E-state index contributed by atoms with van der Waals surface area (Å²) < 4.78 is 22.2. The second kappa shape index (κ2) is 8.47. The molecule has 0 N–H and O–H groups in total. The number of thioether (sulfide) groups is 1. The van der Waals surface area contributed by atoms with Crippen LogP contribution >= 0.6 is 11.8 Å². The summed E-state index contributed by atoms with van der Waals surface area (Å²) in [6, 6.07) is 21.4. The predicted octanol–water partition coefficient (Wildman–Crippen LogP) is 4.53. The zero-order valence-electron chi connectivity index (χ0n) is 17.2. The fourth-order valence-electron chi connectivity index (χ4n) is 3.70. The van der Waals surface area contributed by atoms with E-state index in [9.17, 15) is 9.18 Å². The van der Waals surface area contributed by atoms with Gasteiger partial charge in [-0.05, 0) is 35.9 Å². The van der Waals surface area contributed by atoms with E-state index in [1.807, 2.05) is 52.9 Å². The third-order valence-corrected chi connectivity index (χ3v) is 6.28. The molecule has 3 aromatic carbocycles. The van der Waals surface area contributed by atoms with Crippen molar-refractivity contribution in [2.45, 2.75) is 17.5 Å². The largest absolute Gasteiger partial charge is 0.496 e. The van der Waals surface area contributed by atoms with Crippen LogP contribution in [0.2, 0.25) is 0 Å². The average molecular weight is 447 g/mol. The van der Waals surface area contributed by atoms with Crippen LogP contribution in [-0.2, 0) is 12.3 Å². The molecule has 0 aliphatic carbocycles. The fraction of sp³-hybridized carbons (Fsp3) is 0.125. The van der Waals surface area contributed by atoms with Crippen LogP contribution in [0.5, 0.6) is 5.75 Å². The maximum absolute atomic E-state index is 13.4. The van der Waals surface area contributed by atoms with E-state index < -0.39 is 0 Å². The van der Waals surface area contributed by atoms with E-state index in [2.05, 4.69) is 10.2 Å². The third-order valence-electron chi connectivity index (χ3n) is 5.28. The van der Waals surface area contributed by atoms with Crippen LogP contribution in [0.3, 0.4) is 0 Å². The Morgan fingerprint density at radius 3 is 2.53 bits per heavy atom. The highest BCUT2D eigenvalue weighted by Crippen LogP contribution is 2.26. The highest BCUT2D eigenvalue weighted by atomic mass is 32.2. The van der Waals surface area contributed by atoms with E-state index in [1.165, 1.54) is 23.9 Å². The number of rotatable bonds is 6. The van der Waals surface area contributed by atoms with Gasteiger partial charge in [-0.15, -0.1) is 10.2 Å². The summed E-state index contributed by atoms with van der Waals surface area (Å²) >= 11 is 1.49. The zero-order chi connectivity index (χ0) is 22.1. The van der Waals surface area contributed by atoms with Crippen molar-refractivity contribution in [3.63, 3.8) is 0 Å². The molecule has 2 aromatic heterocycles. The van der Waals surface area contributed by atoms with Crippen molar-refractivity contribution in [2.24, 2.45) is 0 Å². The second-order valence-electron chi connectivity index (χ2n) is 7.25. The van der Waals surface area contributed by atoms with Crippen LogP contribution < -0.4 is 10.3 Å². The number of hydrogen-bond acceptors (Lipinski definition) is 5. The highest BCUT2D eigenvalue weighted by molar-refractivity contribution is 7.98. The Bertz CT molecular complexity index is 1480. The summed E-state index contributed by atoms with van der Waals surface area (Å²) in [5.74, 6) is 1.50. The molecule has 0 spiro atoms. The van der Waals surface area contributed by atoms with Crippen molar-refractivity contribution in [2.75, 3.05) is 7.11 Å². The third kappa shape index (κ3) is 3.62. The molecule has 0 saturated heterocycles. The van der Waals surface area contributed by atoms with E-state index in [4.69, 9.17) is 4.74 Å². The highest BCUT2D eigenvalue weighted by Gasteiger charge is 2.18. The van der Waals surface area contributed by atoms with Crippen LogP contribution in [0.1, 0.15) is 11.1 Å². The van der Waals surface area contributed by atoms with E-state index in [0.29, 0.717) is 34.4 Å². The predicted molar refractivity (Wildman–Crippen MR) is 123 cm³/mol. The summed E-state index contributed by atoms with van der Waals surface area (Å²) in [5, 5.41) is 9.98. The summed E-state index contributed by atoms with van der Waals surface area (Å²) in [5.41, 5.74) is 2.45. The molecule has 5 aromatic rings. The topological polar surface area (TPSA) is 61.4 Å². The number of methoxy groups -OCH3 is 1. The molecule has 0 saturated carbocycles. The van der Waals surface area contributed by atoms with Gasteiger partial charge in [0.05, 0.1) is 24.6 Å². The van der Waals surface area contributed by atoms with Crippen LogP contribution in [0.25, 0.3) is 16.7 Å². The quantitative estimate of drug-likeness (QED) is 0.359. The Morgan fingerprint density at radius 1 is 0.969 bits per heavy atom. The van der Waals surface area contributed by atoms with Gasteiger partial charge in [0.15, 0.2) is 5.16 Å². The number of para-hydroxylation sites is 2. The molecule has 160 valence electrons. The van der Waals surface area contributed by atoms with Crippen molar-refractivity contribution >= 4 is 28.4 Å². The van der Waals surface area contributed by atoms with Gasteiger partial charge >= 0.3 is 0 Å². The number of fused-ring (bicyclic) bond motifs is 3. The first-order valence-electron chi connectivity index (χ1n) is 10.0. The van der Waals surface area contributed by atoms with Gasteiger partial charge in [-0.1, -0.05) is 54.2 Å². The molecule has 0 aliphatic heterocycles. The standard InChI is InChI=1S/C24H19FN4O2S/c1-31-21-9-5-2-6-17(21)14-28-22(30)19-7-3-4-8-20(19)29-23(28)26-27-24(29)32-15-16-10-12-18(25)13-11-16/h2-13H,14-15H2,1H3. The Morgan fingerprint density at radius 2 is 1.72 bits per heavy atom. The Kier molecular flexibility index (Phi) is 5.36. The Hall–Kier alpha value is -3.65. The minimum atomic E-state index is -0.266. The number of benzene rings is 3.